The van der Waals surface area contributed by atoms with Crippen molar-refractivity contribution < 1.29 is 4.42 Å². The molecule has 0 aliphatic carbocycles. The molecule has 1 heterocycles. The van der Waals surface area contributed by atoms with Crippen molar-refractivity contribution in [3.05, 3.63) is 35.8 Å². The third-order valence-electron chi connectivity index (χ3n) is 1.45. The summed E-state index contributed by atoms with van der Waals surface area (Å²) in [4.78, 5) is 0. The van der Waals surface area contributed by atoms with Crippen LogP contribution in [0.15, 0.2) is 23.1 Å². The highest BCUT2D eigenvalue weighted by atomic mass is 16.3. The second kappa shape index (κ2) is 3.24. The van der Waals surface area contributed by atoms with Crippen LogP contribution in [0.1, 0.15) is 24.0 Å². The molecule has 0 amide bonds. The number of furan rings is 1. The molecule has 0 saturated carbocycles. The molecule has 1 heteroatoms. The molecule has 0 aromatic carbocycles. The Balaban J connectivity index is 3.11. The van der Waals surface area contributed by atoms with Crippen molar-refractivity contribution in [2.24, 2.45) is 0 Å². The fourth-order valence-electron chi connectivity index (χ4n) is 0.993. The van der Waals surface area contributed by atoms with Crippen LogP contribution in [0.2, 0.25) is 0 Å². The van der Waals surface area contributed by atoms with Gasteiger partial charge in [0.1, 0.15) is 11.5 Å². The van der Waals surface area contributed by atoms with Gasteiger partial charge in [-0.25, -0.2) is 0 Å². The second-order valence-electron chi connectivity index (χ2n) is 2.38. The molecule has 0 aliphatic rings. The number of hydrogen-bond acceptors (Lipinski definition) is 1. The second-order valence-corrected chi connectivity index (χ2v) is 2.38. The molecular weight excluding hydrogens is 136 g/mol. The van der Waals surface area contributed by atoms with Gasteiger partial charge in [-0.15, -0.1) is 0 Å². The van der Waals surface area contributed by atoms with Crippen molar-refractivity contribution in [1.82, 2.24) is 0 Å². The molecule has 0 fully saturated rings. The predicted molar refractivity (Wildman–Crippen MR) is 48.2 cm³/mol. The summed E-state index contributed by atoms with van der Waals surface area (Å²) < 4.78 is 5.39. The minimum absolute atomic E-state index is 0.889. The van der Waals surface area contributed by atoms with Gasteiger partial charge in [0.25, 0.3) is 0 Å². The Morgan fingerprint density at radius 2 is 2.27 bits per heavy atom. The molecule has 1 aromatic rings. The minimum atomic E-state index is 0.889. The smallest absolute Gasteiger partial charge is 0.133 e. The number of allylic oxidation sites excluding steroid dienone is 1. The van der Waals surface area contributed by atoms with Crippen LogP contribution < -0.4 is 0 Å². The van der Waals surface area contributed by atoms with E-state index in [-0.39, 0.29) is 0 Å². The zero-order chi connectivity index (χ0) is 8.27. The summed E-state index contributed by atoms with van der Waals surface area (Å²) in [5.74, 6) is 1.81. The molecule has 11 heavy (non-hydrogen) atoms. The summed E-state index contributed by atoms with van der Waals surface area (Å²) in [7, 11) is 0. The lowest BCUT2D eigenvalue weighted by atomic mass is 10.2. The normalized spacial score (nSPS) is 10.7. The van der Waals surface area contributed by atoms with Crippen molar-refractivity contribution in [3.63, 3.8) is 0 Å². The maximum absolute atomic E-state index is 5.39. The van der Waals surface area contributed by atoms with E-state index in [9.17, 15) is 0 Å². The van der Waals surface area contributed by atoms with Gasteiger partial charge >= 0.3 is 0 Å². The van der Waals surface area contributed by atoms with E-state index in [4.69, 9.17) is 4.42 Å². The lowest BCUT2D eigenvalue weighted by Gasteiger charge is -1.86. The van der Waals surface area contributed by atoms with E-state index < -0.39 is 0 Å². The lowest BCUT2D eigenvalue weighted by Crippen LogP contribution is -1.67. The van der Waals surface area contributed by atoms with Gasteiger partial charge in [0.2, 0.25) is 0 Å². The molecule has 0 saturated heterocycles. The highest BCUT2D eigenvalue weighted by molar-refractivity contribution is 5.60. The van der Waals surface area contributed by atoms with Gasteiger partial charge in [0.05, 0.1) is 0 Å². The summed E-state index contributed by atoms with van der Waals surface area (Å²) in [6, 6.07) is 1.97. The first-order valence-corrected chi connectivity index (χ1v) is 3.63. The van der Waals surface area contributed by atoms with Crippen molar-refractivity contribution in [1.29, 1.82) is 0 Å². The molecule has 0 atom stereocenters. The van der Waals surface area contributed by atoms with E-state index in [2.05, 4.69) is 6.58 Å². The summed E-state index contributed by atoms with van der Waals surface area (Å²) in [5, 5.41) is 0. The van der Waals surface area contributed by atoms with E-state index in [1.54, 1.807) is 6.08 Å². The summed E-state index contributed by atoms with van der Waals surface area (Å²) in [5.41, 5.74) is 1.06. The van der Waals surface area contributed by atoms with Crippen molar-refractivity contribution in [2.75, 3.05) is 0 Å². The molecule has 0 aliphatic heterocycles. The molecule has 1 aromatic heterocycles. The van der Waals surface area contributed by atoms with Crippen LogP contribution in [0.5, 0.6) is 0 Å². The molecule has 58 valence electrons. The first-order valence-electron chi connectivity index (χ1n) is 3.63. The predicted octanol–water partition coefficient (Wildman–Crippen LogP) is 3.26. The van der Waals surface area contributed by atoms with Crippen LogP contribution in [-0.4, -0.2) is 0 Å². The van der Waals surface area contributed by atoms with Crippen LogP contribution >= 0.6 is 0 Å². The fraction of sp³-hybridized carbons (Fsp3) is 0.200. The van der Waals surface area contributed by atoms with Crippen LogP contribution in [0.3, 0.4) is 0 Å². The Hall–Kier alpha value is -1.24. The van der Waals surface area contributed by atoms with E-state index in [0.29, 0.717) is 0 Å². The monoisotopic (exact) mass is 148 g/mol. The average Bonchev–Trinajstić information content (AvgIpc) is 2.32. The maximum atomic E-state index is 5.39. The van der Waals surface area contributed by atoms with Crippen LogP contribution in [0, 0.1) is 6.92 Å². The largest absolute Gasteiger partial charge is 0.461 e. The lowest BCUT2D eigenvalue weighted by molar-refractivity contribution is 0.524. The van der Waals surface area contributed by atoms with Crippen LogP contribution in [-0.2, 0) is 0 Å². The van der Waals surface area contributed by atoms with Crippen molar-refractivity contribution >= 4 is 12.2 Å². The molecular formula is C10H12O. The molecule has 0 unspecified atom stereocenters. The van der Waals surface area contributed by atoms with Crippen molar-refractivity contribution in [3.8, 4) is 0 Å². The van der Waals surface area contributed by atoms with Crippen LogP contribution in [0.25, 0.3) is 12.2 Å². The third-order valence-corrected chi connectivity index (χ3v) is 1.45. The highest BCUT2D eigenvalue weighted by Crippen LogP contribution is 2.17. The quantitative estimate of drug-likeness (QED) is 0.627. The molecule has 0 spiro atoms. The Kier molecular flexibility index (Phi) is 2.32. The Bertz CT molecular complexity index is 279. The number of aryl methyl sites for hydroxylation is 1. The third kappa shape index (κ3) is 1.61. The van der Waals surface area contributed by atoms with Gasteiger partial charge in [-0.2, -0.15) is 0 Å². The first-order chi connectivity index (χ1) is 5.27. The maximum Gasteiger partial charge on any atom is 0.133 e. The Labute approximate surface area is 67.0 Å². The SMILES string of the molecule is C=Cc1cc(C)oc1/C=C\C. The summed E-state index contributed by atoms with van der Waals surface area (Å²) in [6.07, 6.45) is 5.68. The molecule has 0 N–H and O–H groups in total. The first kappa shape index (κ1) is 7.86. The zero-order valence-electron chi connectivity index (χ0n) is 6.92. The standard InChI is InChI=1S/C10H12O/c1-4-6-10-9(5-2)7-8(3)11-10/h4-7H,2H2,1,3H3/b6-4-. The highest BCUT2D eigenvalue weighted by Gasteiger charge is 2.00. The van der Waals surface area contributed by atoms with Gasteiger partial charge in [-0.05, 0) is 26.0 Å². The van der Waals surface area contributed by atoms with E-state index >= 15 is 0 Å². The van der Waals surface area contributed by atoms with Gasteiger partial charge in [-0.1, -0.05) is 18.7 Å². The minimum Gasteiger partial charge on any atom is -0.461 e. The van der Waals surface area contributed by atoms with E-state index in [1.807, 2.05) is 32.1 Å². The fourth-order valence-corrected chi connectivity index (χ4v) is 0.993. The molecule has 1 nitrogen and oxygen atoms in total. The van der Waals surface area contributed by atoms with Gasteiger partial charge < -0.3 is 4.42 Å². The van der Waals surface area contributed by atoms with E-state index in [1.165, 1.54) is 0 Å². The topological polar surface area (TPSA) is 13.1 Å². The number of hydrogen-bond donors (Lipinski definition) is 0. The average molecular weight is 148 g/mol. The van der Waals surface area contributed by atoms with Crippen LogP contribution in [0.4, 0.5) is 0 Å². The Morgan fingerprint density at radius 1 is 1.55 bits per heavy atom. The zero-order valence-corrected chi connectivity index (χ0v) is 6.92. The van der Waals surface area contributed by atoms with Gasteiger partial charge in [0.15, 0.2) is 0 Å². The molecule has 0 bridgehead atoms. The van der Waals surface area contributed by atoms with Crippen molar-refractivity contribution in [2.45, 2.75) is 13.8 Å². The Morgan fingerprint density at radius 3 is 2.82 bits per heavy atom. The van der Waals surface area contributed by atoms with Gasteiger partial charge in [0, 0.05) is 5.56 Å². The molecule has 1 rings (SSSR count). The van der Waals surface area contributed by atoms with E-state index in [0.717, 1.165) is 17.1 Å². The summed E-state index contributed by atoms with van der Waals surface area (Å²) >= 11 is 0. The summed E-state index contributed by atoms with van der Waals surface area (Å²) in [6.45, 7) is 7.59. The van der Waals surface area contributed by atoms with Gasteiger partial charge in [-0.3, -0.25) is 0 Å². The molecule has 0 radical (unpaired) electrons. The number of rotatable bonds is 2.